The lowest BCUT2D eigenvalue weighted by Gasteiger charge is -2.40. The van der Waals surface area contributed by atoms with Gasteiger partial charge in [-0.2, -0.15) is 0 Å². The summed E-state index contributed by atoms with van der Waals surface area (Å²) in [7, 11) is 3.49. The Balaban J connectivity index is 1.72. The van der Waals surface area contributed by atoms with Gasteiger partial charge >= 0.3 is 5.97 Å². The lowest BCUT2D eigenvalue weighted by atomic mass is 9.86. The molecule has 6 nitrogen and oxygen atoms in total. The van der Waals surface area contributed by atoms with Crippen molar-refractivity contribution in [2.24, 2.45) is 5.92 Å². The Labute approximate surface area is 189 Å². The maximum atomic E-state index is 11.3. The van der Waals surface area contributed by atoms with Gasteiger partial charge in [0.1, 0.15) is 5.75 Å². The van der Waals surface area contributed by atoms with Crippen LogP contribution in [0.2, 0.25) is 0 Å². The first-order valence-electron chi connectivity index (χ1n) is 11.1. The standard InChI is InChI=1S/C26H32N2O4/c1-16-11-23(32-4)21(24-17(2)13-27-25(16)24)14-28-10-9-18(15-31-3)12-22(28)19-5-7-20(8-6-19)26(29)30/h5-8,11,13,18,22,27H,9-10,12,14-15H2,1-4H3,(H,29,30)/t18?,22-/m0/s1. The zero-order valence-corrected chi connectivity index (χ0v) is 19.3. The molecule has 0 bridgehead atoms. The van der Waals surface area contributed by atoms with E-state index in [4.69, 9.17) is 9.47 Å². The molecule has 0 radical (unpaired) electrons. The Bertz CT molecular complexity index is 1100. The molecule has 2 N–H and O–H groups in total. The van der Waals surface area contributed by atoms with Gasteiger partial charge in [-0.15, -0.1) is 0 Å². The van der Waals surface area contributed by atoms with Crippen molar-refractivity contribution in [2.45, 2.75) is 39.3 Å². The Kier molecular flexibility index (Phi) is 6.53. The minimum atomic E-state index is -0.899. The van der Waals surface area contributed by atoms with E-state index < -0.39 is 5.97 Å². The van der Waals surface area contributed by atoms with Crippen molar-refractivity contribution in [1.82, 2.24) is 9.88 Å². The monoisotopic (exact) mass is 436 g/mol. The van der Waals surface area contributed by atoms with Crippen LogP contribution in [-0.2, 0) is 11.3 Å². The molecule has 1 unspecified atom stereocenters. The number of hydrogen-bond donors (Lipinski definition) is 2. The molecule has 0 amide bonds. The number of rotatable bonds is 7. The van der Waals surface area contributed by atoms with Gasteiger partial charge in [-0.05, 0) is 74.0 Å². The quantitative estimate of drug-likeness (QED) is 0.540. The highest BCUT2D eigenvalue weighted by molar-refractivity contribution is 5.91. The number of piperidine rings is 1. The number of carboxylic acid groups (broad SMARTS) is 1. The number of benzene rings is 2. The second-order valence-corrected chi connectivity index (χ2v) is 8.86. The average Bonchev–Trinajstić information content (AvgIpc) is 3.19. The lowest BCUT2D eigenvalue weighted by Crippen LogP contribution is -2.37. The number of aromatic amines is 1. The summed E-state index contributed by atoms with van der Waals surface area (Å²) in [5.74, 6) is 0.495. The number of methoxy groups -OCH3 is 2. The Morgan fingerprint density at radius 2 is 1.94 bits per heavy atom. The van der Waals surface area contributed by atoms with Crippen LogP contribution in [0.15, 0.2) is 36.5 Å². The highest BCUT2D eigenvalue weighted by Gasteiger charge is 2.31. The van der Waals surface area contributed by atoms with E-state index in [0.717, 1.165) is 49.4 Å². The number of ether oxygens (including phenoxy) is 2. The van der Waals surface area contributed by atoms with Crippen LogP contribution in [0.1, 0.15) is 51.5 Å². The van der Waals surface area contributed by atoms with Gasteiger partial charge in [-0.1, -0.05) is 12.1 Å². The summed E-state index contributed by atoms with van der Waals surface area (Å²) >= 11 is 0. The highest BCUT2D eigenvalue weighted by Crippen LogP contribution is 2.39. The molecule has 2 aromatic carbocycles. The van der Waals surface area contributed by atoms with Crippen molar-refractivity contribution in [3.05, 3.63) is 64.3 Å². The summed E-state index contributed by atoms with van der Waals surface area (Å²) in [4.78, 5) is 17.2. The normalized spacial score (nSPS) is 19.4. The van der Waals surface area contributed by atoms with E-state index in [1.54, 1.807) is 26.4 Å². The van der Waals surface area contributed by atoms with Crippen LogP contribution in [0.4, 0.5) is 0 Å². The van der Waals surface area contributed by atoms with Gasteiger partial charge in [0.2, 0.25) is 0 Å². The molecule has 170 valence electrons. The van der Waals surface area contributed by atoms with Crippen LogP contribution in [0.25, 0.3) is 10.9 Å². The Hall–Kier alpha value is -2.83. The molecule has 32 heavy (non-hydrogen) atoms. The predicted octanol–water partition coefficient (Wildman–Crippen LogP) is 5.09. The zero-order valence-electron chi connectivity index (χ0n) is 19.3. The summed E-state index contributed by atoms with van der Waals surface area (Å²) in [6.07, 6.45) is 4.11. The highest BCUT2D eigenvalue weighted by atomic mass is 16.5. The van der Waals surface area contributed by atoms with Crippen molar-refractivity contribution < 1.29 is 19.4 Å². The zero-order chi connectivity index (χ0) is 22.8. The van der Waals surface area contributed by atoms with Crippen molar-refractivity contribution in [1.29, 1.82) is 0 Å². The number of aryl methyl sites for hydroxylation is 2. The number of H-pyrrole nitrogens is 1. The average molecular weight is 437 g/mol. The van der Waals surface area contributed by atoms with E-state index in [9.17, 15) is 9.90 Å². The third-order valence-corrected chi connectivity index (χ3v) is 6.77. The molecule has 1 aliphatic heterocycles. The fraction of sp³-hybridized carbons (Fsp3) is 0.423. The minimum Gasteiger partial charge on any atom is -0.496 e. The third-order valence-electron chi connectivity index (χ3n) is 6.77. The first kappa shape index (κ1) is 22.4. The fourth-order valence-electron chi connectivity index (χ4n) is 5.10. The molecule has 1 fully saturated rings. The number of aromatic carboxylic acids is 1. The number of hydrogen-bond acceptors (Lipinski definition) is 4. The van der Waals surface area contributed by atoms with E-state index >= 15 is 0 Å². The number of carboxylic acids is 1. The van der Waals surface area contributed by atoms with Crippen molar-refractivity contribution in [3.63, 3.8) is 0 Å². The van der Waals surface area contributed by atoms with Crippen LogP contribution >= 0.6 is 0 Å². The van der Waals surface area contributed by atoms with E-state index in [2.05, 4.69) is 36.0 Å². The molecular formula is C26H32N2O4. The number of aromatic nitrogens is 1. The largest absolute Gasteiger partial charge is 0.496 e. The van der Waals surface area contributed by atoms with Gasteiger partial charge in [-0.3, -0.25) is 4.90 Å². The van der Waals surface area contributed by atoms with Gasteiger partial charge in [-0.25, -0.2) is 4.79 Å². The molecule has 2 heterocycles. The molecule has 3 aromatic rings. The smallest absolute Gasteiger partial charge is 0.335 e. The van der Waals surface area contributed by atoms with Gasteiger partial charge in [0, 0.05) is 49.0 Å². The summed E-state index contributed by atoms with van der Waals surface area (Å²) in [5.41, 5.74) is 6.21. The van der Waals surface area contributed by atoms with Crippen molar-refractivity contribution in [2.75, 3.05) is 27.4 Å². The SMILES string of the molecule is COCC1CCN(Cc2c(OC)cc(C)c3[nH]cc(C)c23)[C@H](c2ccc(C(=O)O)cc2)C1. The predicted molar refractivity (Wildman–Crippen MR) is 125 cm³/mol. The minimum absolute atomic E-state index is 0.187. The van der Waals surface area contributed by atoms with Gasteiger partial charge in [0.05, 0.1) is 12.7 Å². The van der Waals surface area contributed by atoms with Crippen LogP contribution in [-0.4, -0.2) is 48.3 Å². The number of carbonyl (C=O) groups is 1. The second kappa shape index (κ2) is 9.35. The molecule has 1 saturated heterocycles. The van der Waals surface area contributed by atoms with E-state index in [1.807, 2.05) is 12.1 Å². The molecule has 2 atom stereocenters. The summed E-state index contributed by atoms with van der Waals surface area (Å²) in [6.45, 7) is 6.69. The van der Waals surface area contributed by atoms with Crippen molar-refractivity contribution >= 4 is 16.9 Å². The van der Waals surface area contributed by atoms with Gasteiger partial charge in [0.15, 0.2) is 0 Å². The van der Waals surface area contributed by atoms with Gasteiger partial charge < -0.3 is 19.6 Å². The number of likely N-dealkylation sites (tertiary alicyclic amines) is 1. The molecular weight excluding hydrogens is 404 g/mol. The molecule has 0 aliphatic carbocycles. The Morgan fingerprint density at radius 1 is 1.19 bits per heavy atom. The lowest BCUT2D eigenvalue weighted by molar-refractivity contribution is 0.0579. The summed E-state index contributed by atoms with van der Waals surface area (Å²) in [6, 6.07) is 9.63. The summed E-state index contributed by atoms with van der Waals surface area (Å²) in [5, 5.41) is 10.5. The third kappa shape index (κ3) is 4.25. The molecule has 0 saturated carbocycles. The molecule has 1 aromatic heterocycles. The topological polar surface area (TPSA) is 74.8 Å². The molecule has 1 aliphatic rings. The van der Waals surface area contributed by atoms with Gasteiger partial charge in [0.25, 0.3) is 0 Å². The van der Waals surface area contributed by atoms with Crippen LogP contribution in [0.5, 0.6) is 5.75 Å². The number of nitrogens with zero attached hydrogens (tertiary/aromatic N) is 1. The first-order valence-corrected chi connectivity index (χ1v) is 11.1. The maximum Gasteiger partial charge on any atom is 0.335 e. The Morgan fingerprint density at radius 3 is 2.59 bits per heavy atom. The molecule has 4 rings (SSSR count). The van der Waals surface area contributed by atoms with E-state index in [1.165, 1.54) is 22.1 Å². The fourth-order valence-corrected chi connectivity index (χ4v) is 5.10. The summed E-state index contributed by atoms with van der Waals surface area (Å²) < 4.78 is 11.3. The van der Waals surface area contributed by atoms with Crippen LogP contribution in [0, 0.1) is 19.8 Å². The van der Waals surface area contributed by atoms with Crippen LogP contribution < -0.4 is 4.74 Å². The van der Waals surface area contributed by atoms with Crippen LogP contribution in [0.3, 0.4) is 0 Å². The van der Waals surface area contributed by atoms with E-state index in [-0.39, 0.29) is 6.04 Å². The van der Waals surface area contributed by atoms with E-state index in [0.29, 0.717) is 11.5 Å². The first-order chi connectivity index (χ1) is 15.4. The number of fused-ring (bicyclic) bond motifs is 1. The van der Waals surface area contributed by atoms with Crippen molar-refractivity contribution in [3.8, 4) is 5.75 Å². The maximum absolute atomic E-state index is 11.3. The number of nitrogens with one attached hydrogen (secondary N) is 1. The second-order valence-electron chi connectivity index (χ2n) is 8.86. The molecule has 6 heteroatoms. The molecule has 0 spiro atoms.